The van der Waals surface area contributed by atoms with Gasteiger partial charge in [-0.05, 0) is 24.3 Å². The van der Waals surface area contributed by atoms with E-state index in [4.69, 9.17) is 16.6 Å². The summed E-state index contributed by atoms with van der Waals surface area (Å²) in [7, 11) is 0. The molecule has 3 atom stereocenters. The molecule has 0 radical (unpaired) electrons. The Bertz CT molecular complexity index is 504. The number of hydrogen-bond acceptors (Lipinski definition) is 6. The average molecular weight is 324 g/mol. The smallest absolute Gasteiger partial charge is 0.321 e. The molecule has 2 heterocycles. The van der Waals surface area contributed by atoms with Gasteiger partial charge in [0.1, 0.15) is 6.04 Å². The molecule has 0 amide bonds. The monoisotopic (exact) mass is 324 g/mol. The van der Waals surface area contributed by atoms with Crippen LogP contribution >= 0.6 is 11.3 Å². The molecule has 0 aromatic carbocycles. The highest BCUT2D eigenvalue weighted by atomic mass is 32.1. The molecule has 1 aliphatic heterocycles. The Morgan fingerprint density at radius 1 is 1.50 bits per heavy atom. The topological polar surface area (TPSA) is 114 Å². The molecule has 0 aliphatic carbocycles. The summed E-state index contributed by atoms with van der Waals surface area (Å²) in [6.45, 7) is 0.909. The average Bonchev–Trinajstić information content (AvgIpc) is 2.92. The van der Waals surface area contributed by atoms with Crippen LogP contribution in [0.4, 0.5) is 0 Å². The van der Waals surface area contributed by atoms with E-state index < -0.39 is 12.0 Å². The lowest BCUT2D eigenvalue weighted by Gasteiger charge is -2.23. The van der Waals surface area contributed by atoms with Crippen LogP contribution in [-0.4, -0.2) is 42.1 Å². The highest BCUT2D eigenvalue weighted by Crippen LogP contribution is 2.30. The van der Waals surface area contributed by atoms with Gasteiger partial charge in [0.15, 0.2) is 0 Å². The number of rotatable bonds is 7. The van der Waals surface area contributed by atoms with Gasteiger partial charge in [-0.25, -0.2) is 0 Å². The van der Waals surface area contributed by atoms with E-state index in [0.29, 0.717) is 6.54 Å². The van der Waals surface area contributed by atoms with Crippen molar-refractivity contribution >= 4 is 23.1 Å². The Morgan fingerprint density at radius 2 is 2.32 bits per heavy atom. The predicted molar refractivity (Wildman–Crippen MR) is 89.4 cm³/mol. The number of aliphatic carboxylic acids is 1. The first kappa shape index (κ1) is 16.9. The molecule has 0 bridgehead atoms. The molecule has 1 aromatic rings. The van der Waals surface area contributed by atoms with Crippen molar-refractivity contribution in [1.29, 1.82) is 0 Å². The summed E-state index contributed by atoms with van der Waals surface area (Å²) in [5.41, 5.74) is 11.5. The number of carbonyl (C=O) groups is 1. The van der Waals surface area contributed by atoms with Crippen LogP contribution in [0.5, 0.6) is 0 Å². The fourth-order valence-corrected chi connectivity index (χ4v) is 3.59. The molecule has 6 N–H and O–H groups in total. The Morgan fingerprint density at radius 3 is 3.00 bits per heavy atom. The van der Waals surface area contributed by atoms with E-state index in [1.165, 1.54) is 4.88 Å². The van der Waals surface area contributed by atoms with E-state index in [1.807, 2.05) is 6.07 Å². The molecule has 0 fully saturated rings. The number of nitrogens with one attached hydrogen (secondary N) is 1. The van der Waals surface area contributed by atoms with Crippen molar-refractivity contribution in [1.82, 2.24) is 5.32 Å². The van der Waals surface area contributed by atoms with Gasteiger partial charge in [0.05, 0.1) is 11.9 Å². The summed E-state index contributed by atoms with van der Waals surface area (Å²) in [6, 6.07) is 3.39. The van der Waals surface area contributed by atoms with E-state index in [-0.39, 0.29) is 18.5 Å². The molecule has 22 heavy (non-hydrogen) atoms. The van der Waals surface area contributed by atoms with Gasteiger partial charge in [0.25, 0.3) is 0 Å². The van der Waals surface area contributed by atoms with Gasteiger partial charge in [0.2, 0.25) is 0 Å². The molecule has 0 saturated carbocycles. The molecule has 2 rings (SSSR count). The molecule has 0 saturated heterocycles. The number of hydrogen-bond donors (Lipinski definition) is 4. The second kappa shape index (κ2) is 8.26. The van der Waals surface area contributed by atoms with Crippen molar-refractivity contribution in [2.24, 2.45) is 16.5 Å². The Kier molecular flexibility index (Phi) is 6.35. The van der Waals surface area contributed by atoms with E-state index in [2.05, 4.69) is 21.8 Å². The minimum Gasteiger partial charge on any atom is -0.480 e. The van der Waals surface area contributed by atoms with Gasteiger partial charge in [-0.2, -0.15) is 0 Å². The van der Waals surface area contributed by atoms with E-state index >= 15 is 0 Å². The van der Waals surface area contributed by atoms with Crippen LogP contribution in [0.3, 0.4) is 0 Å². The first-order valence-corrected chi connectivity index (χ1v) is 8.50. The van der Waals surface area contributed by atoms with E-state index in [1.54, 1.807) is 11.3 Å². The van der Waals surface area contributed by atoms with Crippen molar-refractivity contribution in [3.05, 3.63) is 22.4 Å². The first-order chi connectivity index (χ1) is 10.6. The molecule has 6 nitrogen and oxygen atoms in total. The van der Waals surface area contributed by atoms with Crippen molar-refractivity contribution < 1.29 is 9.90 Å². The zero-order valence-electron chi connectivity index (χ0n) is 12.6. The number of carboxylic acids is 1. The van der Waals surface area contributed by atoms with Crippen molar-refractivity contribution in [2.45, 2.75) is 43.7 Å². The van der Waals surface area contributed by atoms with E-state index in [0.717, 1.165) is 31.5 Å². The molecule has 3 unspecified atom stereocenters. The molecule has 0 spiro atoms. The summed E-state index contributed by atoms with van der Waals surface area (Å²) in [5.74, 6) is -0.0548. The first-order valence-electron chi connectivity index (χ1n) is 7.62. The fraction of sp³-hybridized carbons (Fsp3) is 0.600. The van der Waals surface area contributed by atoms with Crippen LogP contribution in [-0.2, 0) is 4.79 Å². The third-order valence-corrected chi connectivity index (χ3v) is 4.94. The second-order valence-electron chi connectivity index (χ2n) is 5.66. The maximum Gasteiger partial charge on any atom is 0.321 e. The van der Waals surface area contributed by atoms with Gasteiger partial charge in [-0.15, -0.1) is 11.3 Å². The normalized spacial score (nSPS) is 21.7. The number of carboxylic acid groups (broad SMARTS) is 1. The minimum atomic E-state index is -0.989. The Labute approximate surface area is 134 Å². The summed E-state index contributed by atoms with van der Waals surface area (Å²) >= 11 is 1.70. The van der Waals surface area contributed by atoms with Gasteiger partial charge >= 0.3 is 5.97 Å². The van der Waals surface area contributed by atoms with Crippen molar-refractivity contribution in [2.75, 3.05) is 13.1 Å². The SMILES string of the molecule is NC1=NC(C(CNCC(N)C(=O)O)c2cccs2)CCCC1. The van der Waals surface area contributed by atoms with Gasteiger partial charge in [0, 0.05) is 30.3 Å². The predicted octanol–water partition coefficient (Wildman–Crippen LogP) is 1.13. The number of aliphatic imine (C=N–C) groups is 1. The summed E-state index contributed by atoms with van der Waals surface area (Å²) in [5, 5.41) is 14.1. The standard InChI is InChI=1S/C15H24N4O2S/c16-11(15(20)21)9-18-8-10(13-5-3-7-22-13)12-4-1-2-6-14(17)19-12/h3,5,7,10-12,18H,1-2,4,6,8-9,16H2,(H2,17,19)(H,20,21). The van der Waals surface area contributed by atoms with Crippen LogP contribution in [0.2, 0.25) is 0 Å². The highest BCUT2D eigenvalue weighted by molar-refractivity contribution is 7.10. The molecular formula is C15H24N4O2S. The van der Waals surface area contributed by atoms with Gasteiger partial charge in [-0.3, -0.25) is 9.79 Å². The summed E-state index contributed by atoms with van der Waals surface area (Å²) in [6.07, 6.45) is 4.08. The summed E-state index contributed by atoms with van der Waals surface area (Å²) < 4.78 is 0. The lowest BCUT2D eigenvalue weighted by Crippen LogP contribution is -2.42. The van der Waals surface area contributed by atoms with Crippen LogP contribution in [0, 0.1) is 0 Å². The zero-order chi connectivity index (χ0) is 15.9. The third-order valence-electron chi connectivity index (χ3n) is 3.93. The van der Waals surface area contributed by atoms with Gasteiger partial charge in [-0.1, -0.05) is 12.5 Å². The lowest BCUT2D eigenvalue weighted by molar-refractivity contribution is -0.138. The lowest BCUT2D eigenvalue weighted by atomic mass is 9.94. The zero-order valence-corrected chi connectivity index (χ0v) is 13.4. The maximum absolute atomic E-state index is 10.8. The summed E-state index contributed by atoms with van der Waals surface area (Å²) in [4.78, 5) is 16.7. The number of nitrogens with zero attached hydrogens (tertiary/aromatic N) is 1. The number of amidine groups is 1. The Hall–Kier alpha value is -1.44. The fourth-order valence-electron chi connectivity index (χ4n) is 2.70. The van der Waals surface area contributed by atoms with Crippen LogP contribution < -0.4 is 16.8 Å². The highest BCUT2D eigenvalue weighted by Gasteiger charge is 2.25. The minimum absolute atomic E-state index is 0.148. The van der Waals surface area contributed by atoms with Crippen LogP contribution in [0.15, 0.2) is 22.5 Å². The quantitative estimate of drug-likeness (QED) is 0.600. The van der Waals surface area contributed by atoms with Gasteiger partial charge < -0.3 is 21.9 Å². The molecule has 7 heteroatoms. The Balaban J connectivity index is 2.03. The molecular weight excluding hydrogens is 300 g/mol. The number of nitrogens with two attached hydrogens (primary N) is 2. The van der Waals surface area contributed by atoms with E-state index in [9.17, 15) is 4.79 Å². The van der Waals surface area contributed by atoms with Crippen LogP contribution in [0.25, 0.3) is 0 Å². The number of thiophene rings is 1. The maximum atomic E-state index is 10.8. The largest absolute Gasteiger partial charge is 0.480 e. The van der Waals surface area contributed by atoms with Crippen molar-refractivity contribution in [3.63, 3.8) is 0 Å². The third kappa shape index (κ3) is 4.79. The van der Waals surface area contributed by atoms with Crippen molar-refractivity contribution in [3.8, 4) is 0 Å². The molecule has 122 valence electrons. The molecule has 1 aromatic heterocycles. The molecule has 1 aliphatic rings. The van der Waals surface area contributed by atoms with Crippen LogP contribution in [0.1, 0.15) is 36.5 Å². The second-order valence-corrected chi connectivity index (χ2v) is 6.64.